The summed E-state index contributed by atoms with van der Waals surface area (Å²) in [6, 6.07) is 15.8. The number of nitrogens with one attached hydrogen (secondary N) is 2. The fraction of sp³-hybridized carbons (Fsp3) is 0.100. The SMILES string of the molecule is O=C(Cc1ccc(NC(=O)c2ccc(Cl)c(Cl)c2)cc1)NCc1cccs1. The van der Waals surface area contributed by atoms with Gasteiger partial charge in [0.25, 0.3) is 5.91 Å². The van der Waals surface area contributed by atoms with E-state index >= 15 is 0 Å². The number of rotatable bonds is 6. The Bertz CT molecular complexity index is 941. The maximum atomic E-state index is 12.3. The molecule has 0 fully saturated rings. The molecular formula is C20H16Cl2N2O2S. The molecule has 1 aromatic heterocycles. The summed E-state index contributed by atoms with van der Waals surface area (Å²) in [5, 5.41) is 8.38. The molecule has 3 rings (SSSR count). The minimum Gasteiger partial charge on any atom is -0.351 e. The van der Waals surface area contributed by atoms with E-state index in [2.05, 4.69) is 10.6 Å². The Kier molecular flexibility index (Phi) is 6.50. The van der Waals surface area contributed by atoms with Crippen LogP contribution in [0.2, 0.25) is 10.0 Å². The number of carbonyl (C=O) groups excluding carboxylic acids is 2. The predicted octanol–water partition coefficient (Wildman–Crippen LogP) is 5.17. The fourth-order valence-electron chi connectivity index (χ4n) is 2.39. The van der Waals surface area contributed by atoms with Crippen molar-refractivity contribution in [1.82, 2.24) is 5.32 Å². The van der Waals surface area contributed by atoms with Crippen LogP contribution in [-0.4, -0.2) is 11.8 Å². The number of anilines is 1. The molecule has 4 nitrogen and oxygen atoms in total. The third-order valence-electron chi connectivity index (χ3n) is 3.80. The summed E-state index contributed by atoms with van der Waals surface area (Å²) in [5.74, 6) is -0.328. The molecule has 0 aliphatic rings. The first-order chi connectivity index (χ1) is 13.0. The van der Waals surface area contributed by atoms with Crippen LogP contribution in [0.15, 0.2) is 60.0 Å². The molecule has 2 aromatic carbocycles. The largest absolute Gasteiger partial charge is 0.351 e. The van der Waals surface area contributed by atoms with Gasteiger partial charge in [0.15, 0.2) is 0 Å². The molecule has 0 radical (unpaired) electrons. The second-order valence-corrected chi connectivity index (χ2v) is 7.66. The van der Waals surface area contributed by atoms with Crippen molar-refractivity contribution < 1.29 is 9.59 Å². The topological polar surface area (TPSA) is 58.2 Å². The van der Waals surface area contributed by atoms with Crippen molar-refractivity contribution in [1.29, 1.82) is 0 Å². The van der Waals surface area contributed by atoms with Gasteiger partial charge in [-0.15, -0.1) is 11.3 Å². The highest BCUT2D eigenvalue weighted by molar-refractivity contribution is 7.09. The van der Waals surface area contributed by atoms with Crippen molar-refractivity contribution in [3.63, 3.8) is 0 Å². The van der Waals surface area contributed by atoms with Gasteiger partial charge in [0.1, 0.15) is 0 Å². The monoisotopic (exact) mass is 418 g/mol. The number of carbonyl (C=O) groups is 2. The molecule has 27 heavy (non-hydrogen) atoms. The predicted molar refractivity (Wildman–Crippen MR) is 111 cm³/mol. The van der Waals surface area contributed by atoms with Gasteiger partial charge in [-0.25, -0.2) is 0 Å². The first kappa shape index (κ1) is 19.4. The zero-order chi connectivity index (χ0) is 19.2. The van der Waals surface area contributed by atoms with Crippen LogP contribution in [0.4, 0.5) is 5.69 Å². The summed E-state index contributed by atoms with van der Waals surface area (Å²) < 4.78 is 0. The van der Waals surface area contributed by atoms with E-state index in [9.17, 15) is 9.59 Å². The number of halogens is 2. The molecule has 0 spiro atoms. The number of thiophene rings is 1. The minimum atomic E-state index is -0.282. The summed E-state index contributed by atoms with van der Waals surface area (Å²) >= 11 is 13.4. The Balaban J connectivity index is 1.54. The molecule has 3 aromatic rings. The van der Waals surface area contributed by atoms with Crippen LogP contribution in [0.25, 0.3) is 0 Å². The van der Waals surface area contributed by atoms with E-state index in [1.807, 2.05) is 29.6 Å². The zero-order valence-electron chi connectivity index (χ0n) is 14.2. The van der Waals surface area contributed by atoms with E-state index in [1.165, 1.54) is 6.07 Å². The summed E-state index contributed by atoms with van der Waals surface area (Å²) in [7, 11) is 0. The molecule has 138 valence electrons. The van der Waals surface area contributed by atoms with Crippen LogP contribution in [0, 0.1) is 0 Å². The van der Waals surface area contributed by atoms with Gasteiger partial charge in [-0.05, 0) is 47.3 Å². The fourth-order valence-corrected chi connectivity index (χ4v) is 3.34. The van der Waals surface area contributed by atoms with E-state index in [0.717, 1.165) is 10.4 Å². The molecule has 2 amide bonds. The van der Waals surface area contributed by atoms with Gasteiger partial charge in [0.05, 0.1) is 23.0 Å². The highest BCUT2D eigenvalue weighted by Crippen LogP contribution is 2.23. The standard InChI is InChI=1S/C20H16Cl2N2O2S/c21-17-8-5-14(11-18(17)22)20(26)24-15-6-3-13(4-7-15)10-19(25)23-12-16-2-1-9-27-16/h1-9,11H,10,12H2,(H,23,25)(H,24,26). The van der Waals surface area contributed by atoms with E-state index in [0.29, 0.717) is 27.8 Å². The van der Waals surface area contributed by atoms with Crippen LogP contribution < -0.4 is 10.6 Å². The van der Waals surface area contributed by atoms with Gasteiger partial charge in [-0.1, -0.05) is 41.4 Å². The lowest BCUT2D eigenvalue weighted by molar-refractivity contribution is -0.120. The average molecular weight is 419 g/mol. The zero-order valence-corrected chi connectivity index (χ0v) is 16.5. The number of hydrogen-bond donors (Lipinski definition) is 2. The molecule has 0 aliphatic carbocycles. The molecule has 0 saturated heterocycles. The van der Waals surface area contributed by atoms with Gasteiger partial charge in [0, 0.05) is 16.1 Å². The normalized spacial score (nSPS) is 10.4. The second kappa shape index (κ2) is 9.04. The molecule has 0 aliphatic heterocycles. The lowest BCUT2D eigenvalue weighted by atomic mass is 10.1. The Morgan fingerprint density at radius 3 is 2.41 bits per heavy atom. The van der Waals surface area contributed by atoms with E-state index in [4.69, 9.17) is 23.2 Å². The van der Waals surface area contributed by atoms with Crippen molar-refractivity contribution in [3.05, 3.63) is 86.0 Å². The molecule has 0 bridgehead atoms. The van der Waals surface area contributed by atoms with Crippen LogP contribution in [0.3, 0.4) is 0 Å². The van der Waals surface area contributed by atoms with Crippen molar-refractivity contribution in [3.8, 4) is 0 Å². The minimum absolute atomic E-state index is 0.0454. The van der Waals surface area contributed by atoms with Gasteiger partial charge in [-0.2, -0.15) is 0 Å². The van der Waals surface area contributed by atoms with Crippen molar-refractivity contribution in [2.45, 2.75) is 13.0 Å². The van der Waals surface area contributed by atoms with E-state index in [1.54, 1.807) is 35.6 Å². The van der Waals surface area contributed by atoms with Gasteiger partial charge < -0.3 is 10.6 Å². The van der Waals surface area contributed by atoms with Crippen molar-refractivity contribution >= 4 is 52.0 Å². The van der Waals surface area contributed by atoms with Crippen molar-refractivity contribution in [2.75, 3.05) is 5.32 Å². The molecule has 0 unspecified atom stereocenters. The van der Waals surface area contributed by atoms with Gasteiger partial charge >= 0.3 is 0 Å². The lowest BCUT2D eigenvalue weighted by Crippen LogP contribution is -2.24. The summed E-state index contributed by atoms with van der Waals surface area (Å²) in [6.07, 6.45) is 0.284. The molecule has 7 heteroatoms. The van der Waals surface area contributed by atoms with Crippen LogP contribution in [0.5, 0.6) is 0 Å². The quantitative estimate of drug-likeness (QED) is 0.580. The molecule has 1 heterocycles. The van der Waals surface area contributed by atoms with Crippen LogP contribution in [-0.2, 0) is 17.8 Å². The molecule has 0 saturated carbocycles. The number of hydrogen-bond acceptors (Lipinski definition) is 3. The van der Waals surface area contributed by atoms with E-state index < -0.39 is 0 Å². The van der Waals surface area contributed by atoms with E-state index in [-0.39, 0.29) is 18.2 Å². The van der Waals surface area contributed by atoms with Gasteiger partial charge in [-0.3, -0.25) is 9.59 Å². The van der Waals surface area contributed by atoms with Gasteiger partial charge in [0.2, 0.25) is 5.91 Å². The molecular weight excluding hydrogens is 403 g/mol. The maximum Gasteiger partial charge on any atom is 0.255 e. The molecule has 0 atom stereocenters. The smallest absolute Gasteiger partial charge is 0.255 e. The Morgan fingerprint density at radius 1 is 0.963 bits per heavy atom. The summed E-state index contributed by atoms with van der Waals surface area (Å²) in [4.78, 5) is 25.4. The molecule has 2 N–H and O–H groups in total. The third-order valence-corrected chi connectivity index (χ3v) is 5.41. The maximum absolute atomic E-state index is 12.3. The highest BCUT2D eigenvalue weighted by Gasteiger charge is 2.09. The van der Waals surface area contributed by atoms with Crippen molar-refractivity contribution in [2.24, 2.45) is 0 Å². The number of amides is 2. The summed E-state index contributed by atoms with van der Waals surface area (Å²) in [6.45, 7) is 0.536. The third kappa shape index (κ3) is 5.57. The Labute approximate surface area is 171 Å². The summed E-state index contributed by atoms with van der Waals surface area (Å²) in [5.41, 5.74) is 1.92. The average Bonchev–Trinajstić information content (AvgIpc) is 3.17. The number of benzene rings is 2. The first-order valence-corrected chi connectivity index (χ1v) is 9.79. The first-order valence-electron chi connectivity index (χ1n) is 8.15. The Hall–Kier alpha value is -2.34. The van der Waals surface area contributed by atoms with Crippen LogP contribution >= 0.6 is 34.5 Å². The second-order valence-electron chi connectivity index (χ2n) is 5.81. The lowest BCUT2D eigenvalue weighted by Gasteiger charge is -2.08. The highest BCUT2D eigenvalue weighted by atomic mass is 35.5. The Morgan fingerprint density at radius 2 is 1.74 bits per heavy atom. The van der Waals surface area contributed by atoms with Crippen LogP contribution in [0.1, 0.15) is 20.8 Å².